The first kappa shape index (κ1) is 30.4. The molecule has 1 aromatic heterocycles. The van der Waals surface area contributed by atoms with Crippen LogP contribution >= 0.6 is 11.3 Å². The first-order valence-electron chi connectivity index (χ1n) is 18.4. The van der Waals surface area contributed by atoms with Gasteiger partial charge >= 0.3 is 0 Å². The number of benzene rings is 9. The monoisotopic (exact) mass is 693 g/mol. The van der Waals surface area contributed by atoms with Crippen molar-refractivity contribution in [3.8, 4) is 22.3 Å². The minimum absolute atomic E-state index is 0.0879. The van der Waals surface area contributed by atoms with Crippen molar-refractivity contribution in [1.82, 2.24) is 0 Å². The molecule has 0 bridgehead atoms. The average Bonchev–Trinajstić information content (AvgIpc) is 3.69. The van der Waals surface area contributed by atoms with Gasteiger partial charge in [-0.25, -0.2) is 0 Å². The number of nitrogens with zero attached hydrogens (tertiary/aromatic N) is 1. The number of rotatable bonds is 4. The van der Waals surface area contributed by atoms with E-state index >= 15 is 0 Å². The van der Waals surface area contributed by atoms with Crippen molar-refractivity contribution in [3.05, 3.63) is 187 Å². The Hall–Kier alpha value is -6.22. The van der Waals surface area contributed by atoms with Crippen LogP contribution < -0.4 is 4.90 Å². The lowest BCUT2D eigenvalue weighted by molar-refractivity contribution is 0.660. The lowest BCUT2D eigenvalue weighted by Gasteiger charge is -2.28. The number of thiophene rings is 1. The number of fused-ring (bicyclic) bond motifs is 11. The SMILES string of the molecule is CC1(C)c2ccccc2-c2ccc(N(c3ccc(-c4cc5ccc6ccccc6c5c5ccccc45)cc3)c3ccc4c(c3)sc3ccccc34)cc21. The largest absolute Gasteiger partial charge is 0.310 e. The molecule has 0 unspecified atom stereocenters. The minimum Gasteiger partial charge on any atom is -0.310 e. The summed E-state index contributed by atoms with van der Waals surface area (Å²) in [5, 5.41) is 10.4. The number of hydrogen-bond acceptors (Lipinski definition) is 2. The van der Waals surface area contributed by atoms with Crippen molar-refractivity contribution < 1.29 is 0 Å². The Kier molecular flexibility index (Phi) is 6.53. The molecule has 0 saturated heterocycles. The van der Waals surface area contributed by atoms with Crippen molar-refractivity contribution in [2.24, 2.45) is 0 Å². The van der Waals surface area contributed by atoms with Gasteiger partial charge in [-0.2, -0.15) is 0 Å². The van der Waals surface area contributed by atoms with Gasteiger partial charge in [-0.1, -0.05) is 141 Å². The summed E-state index contributed by atoms with van der Waals surface area (Å²) in [5.74, 6) is 0. The molecule has 0 amide bonds. The lowest BCUT2D eigenvalue weighted by Crippen LogP contribution is -2.16. The van der Waals surface area contributed by atoms with Crippen LogP contribution in [0.1, 0.15) is 25.0 Å². The van der Waals surface area contributed by atoms with Gasteiger partial charge in [-0.05, 0) is 114 Å². The highest BCUT2D eigenvalue weighted by molar-refractivity contribution is 7.25. The van der Waals surface area contributed by atoms with Crippen molar-refractivity contribution in [1.29, 1.82) is 0 Å². The van der Waals surface area contributed by atoms with Gasteiger partial charge in [0.25, 0.3) is 0 Å². The molecule has 1 nitrogen and oxygen atoms in total. The maximum Gasteiger partial charge on any atom is 0.0476 e. The van der Waals surface area contributed by atoms with Gasteiger partial charge in [-0.15, -0.1) is 11.3 Å². The van der Waals surface area contributed by atoms with E-state index < -0.39 is 0 Å². The molecule has 1 aliphatic rings. The zero-order valence-electron chi connectivity index (χ0n) is 29.6. The molecule has 1 aliphatic carbocycles. The summed E-state index contributed by atoms with van der Waals surface area (Å²) in [6, 6.07) is 65.4. The molecule has 10 aromatic rings. The fraction of sp³-hybridized carbons (Fsp3) is 0.0588. The topological polar surface area (TPSA) is 3.24 Å². The van der Waals surface area contributed by atoms with E-state index in [1.54, 1.807) is 0 Å². The van der Waals surface area contributed by atoms with Crippen LogP contribution in [0.3, 0.4) is 0 Å². The summed E-state index contributed by atoms with van der Waals surface area (Å²) in [6.07, 6.45) is 0. The smallest absolute Gasteiger partial charge is 0.0476 e. The standard InChI is InChI=1S/C51H35NS/c1-51(2)46-17-9-7-14-40(46)41-27-25-36(30-47(41)51)52(37-26-28-43-42-15-8-10-18-48(42)53-49(43)31-37)35-23-21-33(22-24-35)45-29-34-20-19-32-11-3-4-12-38(32)50(34)44-16-6-5-13-39(44)45/h3-31H,1-2H3. The van der Waals surface area contributed by atoms with Crippen molar-refractivity contribution in [3.63, 3.8) is 0 Å². The van der Waals surface area contributed by atoms with E-state index in [1.807, 2.05) is 11.3 Å². The highest BCUT2D eigenvalue weighted by Crippen LogP contribution is 2.51. The van der Waals surface area contributed by atoms with E-state index in [-0.39, 0.29) is 5.41 Å². The molecule has 53 heavy (non-hydrogen) atoms. The summed E-state index contributed by atoms with van der Waals surface area (Å²) >= 11 is 1.87. The molecule has 2 heteroatoms. The normalized spacial score (nSPS) is 13.2. The molecule has 0 saturated carbocycles. The van der Waals surface area contributed by atoms with E-state index in [0.717, 1.165) is 11.4 Å². The second kappa shape index (κ2) is 11.4. The van der Waals surface area contributed by atoms with E-state index in [0.29, 0.717) is 0 Å². The Labute approximate surface area is 313 Å². The summed E-state index contributed by atoms with van der Waals surface area (Å²) in [6.45, 7) is 4.72. The second-order valence-electron chi connectivity index (χ2n) is 14.9. The molecule has 9 aromatic carbocycles. The zero-order valence-corrected chi connectivity index (χ0v) is 30.4. The molecular weight excluding hydrogens is 659 g/mol. The quantitative estimate of drug-likeness (QED) is 0.166. The number of hydrogen-bond donors (Lipinski definition) is 0. The zero-order chi connectivity index (χ0) is 35.3. The summed E-state index contributed by atoms with van der Waals surface area (Å²) in [7, 11) is 0. The Morgan fingerprint density at radius 1 is 0.396 bits per heavy atom. The summed E-state index contributed by atoms with van der Waals surface area (Å²) < 4.78 is 2.62. The van der Waals surface area contributed by atoms with Gasteiger partial charge in [0.1, 0.15) is 0 Å². The van der Waals surface area contributed by atoms with Crippen LogP contribution in [-0.4, -0.2) is 0 Å². The van der Waals surface area contributed by atoms with E-state index in [2.05, 4.69) is 195 Å². The predicted octanol–water partition coefficient (Wildman–Crippen LogP) is 15.0. The van der Waals surface area contributed by atoms with Crippen LogP contribution in [0.15, 0.2) is 176 Å². The Bertz CT molecular complexity index is 3090. The molecule has 0 spiro atoms. The van der Waals surface area contributed by atoms with Crippen LogP contribution in [-0.2, 0) is 5.41 Å². The van der Waals surface area contributed by atoms with Gasteiger partial charge in [0.15, 0.2) is 0 Å². The van der Waals surface area contributed by atoms with Crippen LogP contribution in [0.5, 0.6) is 0 Å². The van der Waals surface area contributed by atoms with E-state index in [4.69, 9.17) is 0 Å². The molecule has 0 N–H and O–H groups in total. The molecule has 1 heterocycles. The first-order chi connectivity index (χ1) is 26.0. The Morgan fingerprint density at radius 2 is 1.02 bits per heavy atom. The molecule has 11 rings (SSSR count). The van der Waals surface area contributed by atoms with Crippen LogP contribution in [0.25, 0.3) is 74.7 Å². The van der Waals surface area contributed by atoms with Crippen LogP contribution in [0.2, 0.25) is 0 Å². The lowest BCUT2D eigenvalue weighted by atomic mass is 9.82. The second-order valence-corrected chi connectivity index (χ2v) is 16.0. The molecule has 0 atom stereocenters. The van der Waals surface area contributed by atoms with Crippen molar-refractivity contribution in [2.45, 2.75) is 19.3 Å². The molecular formula is C51H35NS. The van der Waals surface area contributed by atoms with Gasteiger partial charge in [-0.3, -0.25) is 0 Å². The van der Waals surface area contributed by atoms with E-state index in [9.17, 15) is 0 Å². The fourth-order valence-electron chi connectivity index (χ4n) is 9.04. The van der Waals surface area contributed by atoms with Gasteiger partial charge in [0.05, 0.1) is 0 Å². The average molecular weight is 694 g/mol. The third-order valence-electron chi connectivity index (χ3n) is 11.6. The van der Waals surface area contributed by atoms with Gasteiger partial charge in [0, 0.05) is 42.6 Å². The maximum atomic E-state index is 2.44. The molecule has 0 fully saturated rings. The van der Waals surface area contributed by atoms with Gasteiger partial charge in [0.2, 0.25) is 0 Å². The van der Waals surface area contributed by atoms with Crippen LogP contribution in [0.4, 0.5) is 17.1 Å². The molecule has 0 aliphatic heterocycles. The highest BCUT2D eigenvalue weighted by atomic mass is 32.1. The van der Waals surface area contributed by atoms with Gasteiger partial charge < -0.3 is 4.90 Å². The Morgan fingerprint density at radius 3 is 1.89 bits per heavy atom. The molecule has 0 radical (unpaired) electrons. The highest BCUT2D eigenvalue weighted by Gasteiger charge is 2.35. The summed E-state index contributed by atoms with van der Waals surface area (Å²) in [4.78, 5) is 2.44. The third kappa shape index (κ3) is 4.56. The minimum atomic E-state index is -0.0879. The maximum absolute atomic E-state index is 2.44. The first-order valence-corrected chi connectivity index (χ1v) is 19.2. The van der Waals surface area contributed by atoms with Crippen molar-refractivity contribution >= 4 is 80.9 Å². The third-order valence-corrected chi connectivity index (χ3v) is 12.8. The van der Waals surface area contributed by atoms with E-state index in [1.165, 1.54) is 91.6 Å². The Balaban J connectivity index is 1.08. The number of anilines is 3. The fourth-order valence-corrected chi connectivity index (χ4v) is 10.2. The van der Waals surface area contributed by atoms with Crippen LogP contribution in [0, 0.1) is 0 Å². The molecule has 250 valence electrons. The summed E-state index contributed by atoms with van der Waals surface area (Å²) in [5.41, 5.74) is 11.3. The van der Waals surface area contributed by atoms with Crippen molar-refractivity contribution in [2.75, 3.05) is 4.90 Å². The predicted molar refractivity (Wildman–Crippen MR) is 230 cm³/mol.